The fourth-order valence-corrected chi connectivity index (χ4v) is 1.52. The molecule has 2 rings (SSSR count). The van der Waals surface area contributed by atoms with Gasteiger partial charge >= 0.3 is 0 Å². The number of nitrogens with one attached hydrogen (secondary N) is 1. The second-order valence-corrected chi connectivity index (χ2v) is 3.32. The molecule has 3 N–H and O–H groups in total. The van der Waals surface area contributed by atoms with Crippen molar-refractivity contribution in [3.05, 3.63) is 42.0 Å². The average molecular weight is 201 g/mol. The Bertz CT molecular complexity index is 488. The topological polar surface area (TPSA) is 71.8 Å². The molecule has 0 radical (unpaired) electrons. The summed E-state index contributed by atoms with van der Waals surface area (Å²) in [7, 11) is 0. The van der Waals surface area contributed by atoms with E-state index >= 15 is 0 Å². The van der Waals surface area contributed by atoms with E-state index in [9.17, 15) is 4.79 Å². The number of H-pyrrole nitrogens is 1. The molecule has 0 saturated carbocycles. The summed E-state index contributed by atoms with van der Waals surface area (Å²) in [4.78, 5) is 17.9. The molecule has 2 aromatic rings. The van der Waals surface area contributed by atoms with Gasteiger partial charge in [-0.2, -0.15) is 0 Å². The van der Waals surface area contributed by atoms with Gasteiger partial charge in [-0.05, 0) is 30.7 Å². The first-order chi connectivity index (χ1) is 7.18. The van der Waals surface area contributed by atoms with Crippen LogP contribution in [0.3, 0.4) is 0 Å². The van der Waals surface area contributed by atoms with Crippen LogP contribution in [0.15, 0.2) is 30.6 Å². The van der Waals surface area contributed by atoms with E-state index in [0.29, 0.717) is 5.69 Å². The molecule has 0 fully saturated rings. The number of hydrogen-bond acceptors (Lipinski definition) is 2. The van der Waals surface area contributed by atoms with Crippen molar-refractivity contribution in [3.63, 3.8) is 0 Å². The first-order valence-corrected chi connectivity index (χ1v) is 4.58. The number of hydrogen-bond donors (Lipinski definition) is 2. The van der Waals surface area contributed by atoms with Crippen LogP contribution in [0, 0.1) is 6.92 Å². The number of pyridine rings is 1. The van der Waals surface area contributed by atoms with Gasteiger partial charge in [-0.15, -0.1) is 0 Å². The molecule has 0 unspecified atom stereocenters. The highest BCUT2D eigenvalue weighted by Crippen LogP contribution is 2.23. The zero-order valence-electron chi connectivity index (χ0n) is 8.32. The van der Waals surface area contributed by atoms with E-state index in [4.69, 9.17) is 5.73 Å². The Morgan fingerprint density at radius 1 is 1.40 bits per heavy atom. The Morgan fingerprint density at radius 3 is 2.60 bits per heavy atom. The number of aromatic nitrogens is 2. The maximum absolute atomic E-state index is 11.0. The number of amides is 1. The molecule has 0 saturated heterocycles. The molecule has 0 aliphatic carbocycles. The van der Waals surface area contributed by atoms with Crippen molar-refractivity contribution in [2.75, 3.05) is 0 Å². The quantitative estimate of drug-likeness (QED) is 0.772. The Kier molecular flexibility index (Phi) is 2.25. The number of carbonyl (C=O) groups is 1. The Hall–Kier alpha value is -2.10. The van der Waals surface area contributed by atoms with Gasteiger partial charge in [0.2, 0.25) is 0 Å². The summed E-state index contributed by atoms with van der Waals surface area (Å²) in [6, 6.07) is 5.54. The van der Waals surface area contributed by atoms with Gasteiger partial charge in [-0.25, -0.2) is 0 Å². The molecule has 0 bridgehead atoms. The molecule has 0 spiro atoms. The van der Waals surface area contributed by atoms with Crippen LogP contribution in [0.5, 0.6) is 0 Å². The van der Waals surface area contributed by atoms with Crippen LogP contribution in [0.25, 0.3) is 11.1 Å². The number of nitrogens with two attached hydrogens (primary N) is 1. The molecule has 4 heteroatoms. The smallest absolute Gasteiger partial charge is 0.265 e. The molecule has 0 aliphatic heterocycles. The molecule has 0 aromatic carbocycles. The van der Waals surface area contributed by atoms with E-state index in [-0.39, 0.29) is 0 Å². The lowest BCUT2D eigenvalue weighted by atomic mass is 10.1. The Balaban J connectivity index is 2.50. The van der Waals surface area contributed by atoms with Crippen LogP contribution < -0.4 is 5.73 Å². The molecule has 0 aliphatic rings. The maximum Gasteiger partial charge on any atom is 0.265 e. The molecule has 15 heavy (non-hydrogen) atoms. The van der Waals surface area contributed by atoms with Crippen LogP contribution >= 0.6 is 0 Å². The number of primary amides is 1. The average Bonchev–Trinajstić information content (AvgIpc) is 2.62. The molecular weight excluding hydrogens is 190 g/mol. The summed E-state index contributed by atoms with van der Waals surface area (Å²) in [5.41, 5.74) is 8.55. The summed E-state index contributed by atoms with van der Waals surface area (Å²) in [5, 5.41) is 0. The highest BCUT2D eigenvalue weighted by molar-refractivity contribution is 5.93. The van der Waals surface area contributed by atoms with E-state index in [1.165, 1.54) is 0 Å². The zero-order chi connectivity index (χ0) is 10.8. The number of aromatic amines is 1. The minimum Gasteiger partial charge on any atom is -0.364 e. The maximum atomic E-state index is 11.0. The lowest BCUT2D eigenvalue weighted by Gasteiger charge is -1.97. The number of rotatable bonds is 2. The van der Waals surface area contributed by atoms with Gasteiger partial charge in [0.15, 0.2) is 0 Å². The van der Waals surface area contributed by atoms with E-state index < -0.39 is 5.91 Å². The molecule has 2 heterocycles. The Morgan fingerprint density at radius 2 is 2.07 bits per heavy atom. The molecular formula is C11H11N3O. The molecule has 76 valence electrons. The van der Waals surface area contributed by atoms with Gasteiger partial charge in [0.05, 0.1) is 0 Å². The fraction of sp³-hybridized carbons (Fsp3) is 0.0909. The molecule has 1 amide bonds. The highest BCUT2D eigenvalue weighted by atomic mass is 16.1. The van der Waals surface area contributed by atoms with E-state index in [1.54, 1.807) is 18.5 Å². The Labute approximate surface area is 87.1 Å². The lowest BCUT2D eigenvalue weighted by molar-refractivity contribution is 0.0996. The van der Waals surface area contributed by atoms with Gasteiger partial charge < -0.3 is 10.7 Å². The van der Waals surface area contributed by atoms with Crippen molar-refractivity contribution in [3.8, 4) is 11.1 Å². The molecule has 2 aromatic heterocycles. The summed E-state index contributed by atoms with van der Waals surface area (Å²) < 4.78 is 0. The van der Waals surface area contributed by atoms with Crippen molar-refractivity contribution in [1.29, 1.82) is 0 Å². The van der Waals surface area contributed by atoms with E-state index in [0.717, 1.165) is 16.8 Å². The summed E-state index contributed by atoms with van der Waals surface area (Å²) >= 11 is 0. The first-order valence-electron chi connectivity index (χ1n) is 4.58. The third kappa shape index (κ3) is 1.74. The summed E-state index contributed by atoms with van der Waals surface area (Å²) in [6.07, 6.45) is 3.43. The predicted molar refractivity (Wildman–Crippen MR) is 57.3 cm³/mol. The van der Waals surface area contributed by atoms with Crippen molar-refractivity contribution in [2.45, 2.75) is 6.92 Å². The summed E-state index contributed by atoms with van der Waals surface area (Å²) in [5.74, 6) is -0.446. The van der Waals surface area contributed by atoms with Crippen LogP contribution in [0.4, 0.5) is 0 Å². The third-order valence-corrected chi connectivity index (χ3v) is 2.27. The van der Waals surface area contributed by atoms with Crippen molar-refractivity contribution in [2.24, 2.45) is 5.73 Å². The van der Waals surface area contributed by atoms with Gasteiger partial charge in [-0.1, -0.05) is 0 Å². The van der Waals surface area contributed by atoms with Crippen LogP contribution in [0.1, 0.15) is 16.2 Å². The summed E-state index contributed by atoms with van der Waals surface area (Å²) in [6.45, 7) is 1.90. The van der Waals surface area contributed by atoms with Crippen molar-refractivity contribution < 1.29 is 4.79 Å². The standard InChI is InChI=1S/C11H11N3O/c1-7-9(6-10(14-7)11(12)15)8-2-4-13-5-3-8/h2-6,14H,1H3,(H2,12,15). The van der Waals surface area contributed by atoms with Crippen molar-refractivity contribution >= 4 is 5.91 Å². The van der Waals surface area contributed by atoms with Crippen LogP contribution in [0.2, 0.25) is 0 Å². The normalized spacial score (nSPS) is 10.2. The number of carbonyl (C=O) groups excluding carboxylic acids is 1. The third-order valence-electron chi connectivity index (χ3n) is 2.27. The number of aryl methyl sites for hydroxylation is 1. The van der Waals surface area contributed by atoms with Crippen LogP contribution in [-0.4, -0.2) is 15.9 Å². The first kappa shape index (κ1) is 9.45. The minimum absolute atomic E-state index is 0.430. The zero-order valence-corrected chi connectivity index (χ0v) is 8.32. The second kappa shape index (κ2) is 3.57. The SMILES string of the molecule is Cc1[nH]c(C(N)=O)cc1-c1ccncc1. The van der Waals surface area contributed by atoms with Gasteiger partial charge in [0.1, 0.15) is 5.69 Å². The fourth-order valence-electron chi connectivity index (χ4n) is 1.52. The van der Waals surface area contributed by atoms with Gasteiger partial charge in [0, 0.05) is 23.7 Å². The largest absolute Gasteiger partial charge is 0.364 e. The van der Waals surface area contributed by atoms with Crippen molar-refractivity contribution in [1.82, 2.24) is 9.97 Å². The lowest BCUT2D eigenvalue weighted by Crippen LogP contribution is -2.10. The predicted octanol–water partition coefficient (Wildman–Crippen LogP) is 1.48. The van der Waals surface area contributed by atoms with E-state index in [1.807, 2.05) is 19.1 Å². The highest BCUT2D eigenvalue weighted by Gasteiger charge is 2.09. The monoisotopic (exact) mass is 201 g/mol. The van der Waals surface area contributed by atoms with Gasteiger partial charge in [0.25, 0.3) is 5.91 Å². The van der Waals surface area contributed by atoms with E-state index in [2.05, 4.69) is 9.97 Å². The van der Waals surface area contributed by atoms with Crippen LogP contribution in [-0.2, 0) is 0 Å². The minimum atomic E-state index is -0.446. The molecule has 4 nitrogen and oxygen atoms in total. The van der Waals surface area contributed by atoms with Gasteiger partial charge in [-0.3, -0.25) is 9.78 Å². The number of nitrogens with zero attached hydrogens (tertiary/aromatic N) is 1. The second-order valence-electron chi connectivity index (χ2n) is 3.32. The molecule has 0 atom stereocenters.